The van der Waals surface area contributed by atoms with Crippen LogP contribution >= 0.6 is 11.6 Å². The summed E-state index contributed by atoms with van der Waals surface area (Å²) in [6.45, 7) is 3.49. The summed E-state index contributed by atoms with van der Waals surface area (Å²) in [4.78, 5) is 10.7. The molecule has 3 heterocycles. The fourth-order valence-corrected chi connectivity index (χ4v) is 2.77. The molecule has 1 saturated heterocycles. The van der Waals surface area contributed by atoms with Crippen LogP contribution in [0.25, 0.3) is 0 Å². The van der Waals surface area contributed by atoms with E-state index in [1.807, 2.05) is 6.92 Å². The third-order valence-corrected chi connectivity index (χ3v) is 3.66. The van der Waals surface area contributed by atoms with Gasteiger partial charge in [0.15, 0.2) is 5.82 Å². The van der Waals surface area contributed by atoms with Crippen LogP contribution in [0.3, 0.4) is 0 Å². The predicted octanol–water partition coefficient (Wildman–Crippen LogP) is 2.54. The Hall–Kier alpha value is -1.07. The van der Waals surface area contributed by atoms with Crippen LogP contribution in [-0.4, -0.2) is 29.5 Å². The molecule has 2 aliphatic rings. The lowest BCUT2D eigenvalue weighted by molar-refractivity contribution is 0.0575. The van der Waals surface area contributed by atoms with Gasteiger partial charge in [0.05, 0.1) is 12.4 Å². The summed E-state index contributed by atoms with van der Waals surface area (Å²) < 4.78 is 5.91. The molecule has 1 fully saturated rings. The molecular formula is C12H17ClN4O. The number of aromatic nitrogens is 2. The number of fused-ring (bicyclic) bond motifs is 1. The van der Waals surface area contributed by atoms with Gasteiger partial charge < -0.3 is 15.0 Å². The molecule has 1 aromatic rings. The lowest BCUT2D eigenvalue weighted by atomic mass is 10.2. The first kappa shape index (κ1) is 12.0. The first-order chi connectivity index (χ1) is 8.75. The van der Waals surface area contributed by atoms with Crippen molar-refractivity contribution in [1.29, 1.82) is 0 Å². The van der Waals surface area contributed by atoms with Gasteiger partial charge in [0.1, 0.15) is 11.9 Å². The van der Waals surface area contributed by atoms with E-state index < -0.39 is 0 Å². The Labute approximate surface area is 112 Å². The second-order valence-electron chi connectivity index (χ2n) is 4.76. The first-order valence-corrected chi connectivity index (χ1v) is 6.80. The zero-order valence-electron chi connectivity index (χ0n) is 10.4. The molecule has 0 spiro atoms. The highest BCUT2D eigenvalue weighted by Gasteiger charge is 2.30. The monoisotopic (exact) mass is 268 g/mol. The number of nitrogens with zero attached hydrogens (tertiary/aromatic N) is 3. The lowest BCUT2D eigenvalue weighted by Crippen LogP contribution is -2.37. The highest BCUT2D eigenvalue weighted by molar-refractivity contribution is 6.28. The Kier molecular flexibility index (Phi) is 3.26. The Morgan fingerprint density at radius 1 is 1.33 bits per heavy atom. The van der Waals surface area contributed by atoms with Gasteiger partial charge in [0, 0.05) is 6.61 Å². The minimum absolute atomic E-state index is 0.103. The van der Waals surface area contributed by atoms with Crippen LogP contribution in [0, 0.1) is 6.92 Å². The number of hydrogen-bond donors (Lipinski definition) is 1. The minimum Gasteiger partial charge on any atom is -0.363 e. The van der Waals surface area contributed by atoms with E-state index in [-0.39, 0.29) is 6.23 Å². The van der Waals surface area contributed by atoms with Crippen molar-refractivity contribution in [2.75, 3.05) is 23.5 Å². The third-order valence-electron chi connectivity index (χ3n) is 3.50. The molecule has 5 nitrogen and oxygen atoms in total. The van der Waals surface area contributed by atoms with E-state index in [4.69, 9.17) is 16.3 Å². The summed E-state index contributed by atoms with van der Waals surface area (Å²) >= 11 is 5.95. The van der Waals surface area contributed by atoms with Crippen molar-refractivity contribution in [2.45, 2.75) is 38.8 Å². The van der Waals surface area contributed by atoms with Crippen molar-refractivity contribution in [3.8, 4) is 0 Å². The maximum atomic E-state index is 5.95. The van der Waals surface area contributed by atoms with Crippen LogP contribution in [0.2, 0.25) is 5.28 Å². The standard InChI is InChI=1S/C12H17ClN4O/c1-8-10-11(16-12(13)15-8)17(7-14-10)9-5-3-2-4-6-18-9/h9,14H,2-7H2,1H3. The maximum Gasteiger partial charge on any atom is 0.224 e. The summed E-state index contributed by atoms with van der Waals surface area (Å²) in [5.74, 6) is 0.874. The average molecular weight is 269 g/mol. The fraction of sp³-hybridized carbons (Fsp3) is 0.667. The van der Waals surface area contributed by atoms with Crippen LogP contribution in [-0.2, 0) is 4.74 Å². The van der Waals surface area contributed by atoms with Crippen LogP contribution in [0.4, 0.5) is 11.5 Å². The molecule has 0 radical (unpaired) electrons. The van der Waals surface area contributed by atoms with Crippen LogP contribution in [0.15, 0.2) is 0 Å². The van der Waals surface area contributed by atoms with Gasteiger partial charge in [-0.25, -0.2) is 4.98 Å². The van der Waals surface area contributed by atoms with E-state index >= 15 is 0 Å². The molecule has 1 atom stereocenters. The van der Waals surface area contributed by atoms with Crippen LogP contribution in [0.1, 0.15) is 31.4 Å². The van der Waals surface area contributed by atoms with Crippen molar-refractivity contribution in [3.63, 3.8) is 0 Å². The number of ether oxygens (including phenoxy) is 1. The van der Waals surface area contributed by atoms with Gasteiger partial charge in [0.2, 0.25) is 5.28 Å². The summed E-state index contributed by atoms with van der Waals surface area (Å²) in [5, 5.41) is 3.63. The summed E-state index contributed by atoms with van der Waals surface area (Å²) in [6, 6.07) is 0. The fourth-order valence-electron chi connectivity index (χ4n) is 2.56. The molecule has 3 rings (SSSR count). The van der Waals surface area contributed by atoms with E-state index in [9.17, 15) is 0 Å². The van der Waals surface area contributed by atoms with E-state index in [1.165, 1.54) is 12.8 Å². The second kappa shape index (κ2) is 4.90. The smallest absolute Gasteiger partial charge is 0.224 e. The Balaban J connectivity index is 1.89. The number of aryl methyl sites for hydroxylation is 1. The molecule has 1 unspecified atom stereocenters. The molecule has 0 bridgehead atoms. The third kappa shape index (κ3) is 2.12. The Morgan fingerprint density at radius 3 is 3.11 bits per heavy atom. The molecule has 0 aromatic carbocycles. The normalized spacial score (nSPS) is 23.4. The van der Waals surface area contributed by atoms with Crippen LogP contribution in [0.5, 0.6) is 0 Å². The van der Waals surface area contributed by atoms with Gasteiger partial charge in [-0.1, -0.05) is 6.42 Å². The lowest BCUT2D eigenvalue weighted by Gasteiger charge is -2.27. The van der Waals surface area contributed by atoms with Gasteiger partial charge in [-0.15, -0.1) is 0 Å². The van der Waals surface area contributed by atoms with E-state index in [0.717, 1.165) is 43.3 Å². The Bertz CT molecular complexity index is 446. The summed E-state index contributed by atoms with van der Waals surface area (Å²) in [7, 11) is 0. The van der Waals surface area contributed by atoms with Crippen molar-refractivity contribution < 1.29 is 4.74 Å². The van der Waals surface area contributed by atoms with Gasteiger partial charge >= 0.3 is 0 Å². The summed E-state index contributed by atoms with van der Waals surface area (Å²) in [6.07, 6.45) is 4.74. The minimum atomic E-state index is 0.103. The van der Waals surface area contributed by atoms with E-state index in [0.29, 0.717) is 5.28 Å². The zero-order valence-corrected chi connectivity index (χ0v) is 11.2. The number of rotatable bonds is 1. The van der Waals surface area contributed by atoms with Gasteiger partial charge in [-0.2, -0.15) is 4.98 Å². The van der Waals surface area contributed by atoms with Crippen molar-refractivity contribution in [1.82, 2.24) is 9.97 Å². The molecular weight excluding hydrogens is 252 g/mol. The molecule has 1 aromatic heterocycles. The molecule has 98 valence electrons. The van der Waals surface area contributed by atoms with Crippen molar-refractivity contribution in [3.05, 3.63) is 11.0 Å². The van der Waals surface area contributed by atoms with Gasteiger partial charge in [-0.3, -0.25) is 0 Å². The van der Waals surface area contributed by atoms with Gasteiger partial charge in [0.25, 0.3) is 0 Å². The highest BCUT2D eigenvalue weighted by Crippen LogP contribution is 2.35. The molecule has 1 N–H and O–H groups in total. The first-order valence-electron chi connectivity index (χ1n) is 6.42. The van der Waals surface area contributed by atoms with Crippen molar-refractivity contribution in [2.24, 2.45) is 0 Å². The molecule has 0 saturated carbocycles. The number of anilines is 2. The maximum absolute atomic E-state index is 5.95. The van der Waals surface area contributed by atoms with Crippen molar-refractivity contribution >= 4 is 23.1 Å². The zero-order chi connectivity index (χ0) is 12.5. The highest BCUT2D eigenvalue weighted by atomic mass is 35.5. The quantitative estimate of drug-likeness (QED) is 0.794. The van der Waals surface area contributed by atoms with Crippen LogP contribution < -0.4 is 10.2 Å². The van der Waals surface area contributed by atoms with E-state index in [2.05, 4.69) is 20.2 Å². The Morgan fingerprint density at radius 2 is 2.22 bits per heavy atom. The molecule has 0 aliphatic carbocycles. The summed E-state index contributed by atoms with van der Waals surface area (Å²) in [5.41, 5.74) is 1.87. The average Bonchev–Trinajstić information content (AvgIpc) is 2.59. The molecule has 6 heteroatoms. The molecule has 2 aliphatic heterocycles. The largest absolute Gasteiger partial charge is 0.363 e. The SMILES string of the molecule is Cc1nc(Cl)nc2c1NCN2C1CCCCCO1. The number of hydrogen-bond acceptors (Lipinski definition) is 5. The number of halogens is 1. The van der Waals surface area contributed by atoms with Gasteiger partial charge in [-0.05, 0) is 37.8 Å². The predicted molar refractivity (Wildman–Crippen MR) is 71.0 cm³/mol. The second-order valence-corrected chi connectivity index (χ2v) is 5.09. The molecule has 0 amide bonds. The van der Waals surface area contributed by atoms with E-state index in [1.54, 1.807) is 0 Å². The topological polar surface area (TPSA) is 50.3 Å². The number of nitrogens with one attached hydrogen (secondary N) is 1. The molecule has 18 heavy (non-hydrogen) atoms.